The molecule has 7 heteroatoms. The van der Waals surface area contributed by atoms with Crippen molar-refractivity contribution in [3.63, 3.8) is 0 Å². The van der Waals surface area contributed by atoms with Crippen LogP contribution >= 0.6 is 11.3 Å². The first kappa shape index (κ1) is 13.2. The van der Waals surface area contributed by atoms with Crippen molar-refractivity contribution in [1.82, 2.24) is 15.1 Å². The van der Waals surface area contributed by atoms with E-state index >= 15 is 0 Å². The van der Waals surface area contributed by atoms with Crippen LogP contribution in [0.15, 0.2) is 0 Å². The van der Waals surface area contributed by atoms with Gasteiger partial charge in [0.15, 0.2) is 0 Å². The predicted molar refractivity (Wildman–Crippen MR) is 69.8 cm³/mol. The maximum absolute atomic E-state index is 12.3. The van der Waals surface area contributed by atoms with E-state index in [0.717, 1.165) is 25.8 Å². The number of hydrogen-bond donors (Lipinski definition) is 2. The molecule has 1 fully saturated rings. The number of hydrogen-bond acceptors (Lipinski definition) is 6. The average Bonchev–Trinajstić information content (AvgIpc) is 2.74. The van der Waals surface area contributed by atoms with E-state index in [9.17, 15) is 4.79 Å². The number of rotatable bonds is 6. The maximum atomic E-state index is 12.3. The van der Waals surface area contributed by atoms with E-state index in [1.54, 1.807) is 4.90 Å². The second-order valence-electron chi connectivity index (χ2n) is 4.25. The van der Waals surface area contributed by atoms with Gasteiger partial charge in [-0.25, -0.2) is 0 Å². The number of amides is 1. The highest BCUT2D eigenvalue weighted by atomic mass is 32.1. The van der Waals surface area contributed by atoms with Gasteiger partial charge in [-0.2, -0.15) is 0 Å². The summed E-state index contributed by atoms with van der Waals surface area (Å²) in [6.07, 6.45) is 3.19. The van der Waals surface area contributed by atoms with Gasteiger partial charge in [0.1, 0.15) is 0 Å². The molecule has 0 aromatic carbocycles. The molecule has 18 heavy (non-hydrogen) atoms. The summed E-state index contributed by atoms with van der Waals surface area (Å²) in [5.74, 6) is -0.115. The SMILES string of the molecule is CCNc1nnc(C(=O)N(CCO)C2CCC2)s1. The molecule has 2 rings (SSSR count). The number of carbonyl (C=O) groups is 1. The Hall–Kier alpha value is -1.21. The van der Waals surface area contributed by atoms with Gasteiger partial charge in [0, 0.05) is 19.1 Å². The van der Waals surface area contributed by atoms with Crippen LogP contribution in [0.5, 0.6) is 0 Å². The van der Waals surface area contributed by atoms with Crippen LogP contribution in [0.25, 0.3) is 0 Å². The van der Waals surface area contributed by atoms with Crippen LogP contribution in [-0.4, -0.2) is 51.8 Å². The molecule has 1 aliphatic carbocycles. The van der Waals surface area contributed by atoms with Gasteiger partial charge in [-0.05, 0) is 26.2 Å². The fourth-order valence-corrected chi connectivity index (χ4v) is 2.68. The number of nitrogens with one attached hydrogen (secondary N) is 1. The van der Waals surface area contributed by atoms with Crippen molar-refractivity contribution in [1.29, 1.82) is 0 Å². The Morgan fingerprint density at radius 3 is 2.89 bits per heavy atom. The number of aliphatic hydroxyl groups is 1. The molecule has 6 nitrogen and oxygen atoms in total. The topological polar surface area (TPSA) is 78.4 Å². The van der Waals surface area contributed by atoms with Crippen LogP contribution in [0.1, 0.15) is 36.0 Å². The molecule has 100 valence electrons. The van der Waals surface area contributed by atoms with Crippen LogP contribution in [0.2, 0.25) is 0 Å². The Morgan fingerprint density at radius 1 is 1.56 bits per heavy atom. The molecular weight excluding hydrogens is 252 g/mol. The summed E-state index contributed by atoms with van der Waals surface area (Å²) in [6, 6.07) is 0.260. The van der Waals surface area contributed by atoms with Gasteiger partial charge < -0.3 is 15.3 Å². The van der Waals surface area contributed by atoms with Gasteiger partial charge >= 0.3 is 0 Å². The molecule has 1 aliphatic rings. The van der Waals surface area contributed by atoms with Crippen LogP contribution in [0.3, 0.4) is 0 Å². The van der Waals surface area contributed by atoms with Crippen LogP contribution in [0, 0.1) is 0 Å². The quantitative estimate of drug-likeness (QED) is 0.805. The van der Waals surface area contributed by atoms with Crippen LogP contribution in [-0.2, 0) is 0 Å². The molecule has 1 amide bonds. The molecule has 0 saturated heterocycles. The Labute approximate surface area is 110 Å². The third kappa shape index (κ3) is 2.78. The molecule has 1 aromatic rings. The molecule has 0 bridgehead atoms. The lowest BCUT2D eigenvalue weighted by Gasteiger charge is -2.36. The van der Waals surface area contributed by atoms with E-state index in [-0.39, 0.29) is 18.6 Å². The number of aliphatic hydroxyl groups excluding tert-OH is 1. The Bertz CT molecular complexity index is 406. The Kier molecular flexibility index (Phi) is 4.48. The zero-order chi connectivity index (χ0) is 13.0. The molecule has 1 saturated carbocycles. The molecule has 0 unspecified atom stereocenters. The van der Waals surface area contributed by atoms with Gasteiger partial charge in [-0.1, -0.05) is 11.3 Å². The Morgan fingerprint density at radius 2 is 2.33 bits per heavy atom. The van der Waals surface area contributed by atoms with Gasteiger partial charge in [-0.3, -0.25) is 4.79 Å². The first-order valence-corrected chi connectivity index (χ1v) is 7.07. The van der Waals surface area contributed by atoms with Crippen molar-refractivity contribution in [2.24, 2.45) is 0 Å². The molecule has 0 spiro atoms. The second-order valence-corrected chi connectivity index (χ2v) is 5.23. The smallest absolute Gasteiger partial charge is 0.285 e. The summed E-state index contributed by atoms with van der Waals surface area (Å²) in [4.78, 5) is 14.0. The second kappa shape index (κ2) is 6.10. The fraction of sp³-hybridized carbons (Fsp3) is 0.727. The number of anilines is 1. The monoisotopic (exact) mass is 270 g/mol. The summed E-state index contributed by atoms with van der Waals surface area (Å²) >= 11 is 1.27. The minimum absolute atomic E-state index is 0.0128. The molecule has 1 heterocycles. The van der Waals surface area contributed by atoms with Crippen molar-refractivity contribution >= 4 is 22.4 Å². The molecular formula is C11H18N4O2S. The molecule has 0 aliphatic heterocycles. The van der Waals surface area contributed by atoms with Crippen molar-refractivity contribution in [3.8, 4) is 0 Å². The van der Waals surface area contributed by atoms with E-state index in [1.165, 1.54) is 11.3 Å². The average molecular weight is 270 g/mol. The molecule has 2 N–H and O–H groups in total. The summed E-state index contributed by atoms with van der Waals surface area (Å²) < 4.78 is 0. The first-order chi connectivity index (χ1) is 8.76. The summed E-state index contributed by atoms with van der Waals surface area (Å²) in [5.41, 5.74) is 0. The van der Waals surface area contributed by atoms with Crippen LogP contribution < -0.4 is 5.32 Å². The summed E-state index contributed by atoms with van der Waals surface area (Å²) in [7, 11) is 0. The fourth-order valence-electron chi connectivity index (χ4n) is 1.91. The largest absolute Gasteiger partial charge is 0.395 e. The minimum Gasteiger partial charge on any atom is -0.395 e. The highest BCUT2D eigenvalue weighted by Gasteiger charge is 2.30. The highest BCUT2D eigenvalue weighted by molar-refractivity contribution is 7.17. The highest BCUT2D eigenvalue weighted by Crippen LogP contribution is 2.27. The zero-order valence-corrected chi connectivity index (χ0v) is 11.2. The summed E-state index contributed by atoms with van der Waals surface area (Å²) in [6.45, 7) is 3.09. The zero-order valence-electron chi connectivity index (χ0n) is 10.4. The van der Waals surface area contributed by atoms with Crippen molar-refractivity contribution < 1.29 is 9.90 Å². The standard InChI is InChI=1S/C11H18N4O2S/c1-2-12-11-14-13-9(18-11)10(17)15(6-7-16)8-4-3-5-8/h8,16H,2-7H2,1H3,(H,12,14). The van der Waals surface area contributed by atoms with E-state index < -0.39 is 0 Å². The molecule has 0 atom stereocenters. The van der Waals surface area contributed by atoms with Gasteiger partial charge in [0.05, 0.1) is 6.61 Å². The van der Waals surface area contributed by atoms with E-state index in [0.29, 0.717) is 16.7 Å². The number of carbonyl (C=O) groups excluding carboxylic acids is 1. The Balaban J connectivity index is 2.06. The van der Waals surface area contributed by atoms with Crippen molar-refractivity contribution in [3.05, 3.63) is 5.01 Å². The van der Waals surface area contributed by atoms with Crippen molar-refractivity contribution in [2.75, 3.05) is 25.0 Å². The van der Waals surface area contributed by atoms with Gasteiger partial charge in [0.2, 0.25) is 10.1 Å². The van der Waals surface area contributed by atoms with E-state index in [4.69, 9.17) is 5.11 Å². The normalized spacial score (nSPS) is 15.2. The van der Waals surface area contributed by atoms with Crippen molar-refractivity contribution in [2.45, 2.75) is 32.2 Å². The third-order valence-corrected chi connectivity index (χ3v) is 3.92. The lowest BCUT2D eigenvalue weighted by molar-refractivity contribution is 0.0524. The van der Waals surface area contributed by atoms with E-state index in [1.807, 2.05) is 6.92 Å². The number of aromatic nitrogens is 2. The maximum Gasteiger partial charge on any atom is 0.285 e. The third-order valence-electron chi connectivity index (χ3n) is 3.05. The lowest BCUT2D eigenvalue weighted by atomic mass is 9.91. The summed E-state index contributed by atoms with van der Waals surface area (Å²) in [5, 5.41) is 21.0. The molecule has 0 radical (unpaired) electrons. The lowest BCUT2D eigenvalue weighted by Crippen LogP contribution is -2.45. The van der Waals surface area contributed by atoms with Gasteiger partial charge in [-0.15, -0.1) is 10.2 Å². The van der Waals surface area contributed by atoms with Gasteiger partial charge in [0.25, 0.3) is 5.91 Å². The van der Waals surface area contributed by atoms with Crippen LogP contribution in [0.4, 0.5) is 5.13 Å². The molecule has 1 aromatic heterocycles. The number of nitrogens with zero attached hydrogens (tertiary/aromatic N) is 3. The van der Waals surface area contributed by atoms with E-state index in [2.05, 4.69) is 15.5 Å². The predicted octanol–water partition coefficient (Wildman–Crippen LogP) is 0.957. The minimum atomic E-state index is -0.115. The first-order valence-electron chi connectivity index (χ1n) is 6.25.